The topological polar surface area (TPSA) is 149 Å². The van der Waals surface area contributed by atoms with Crippen molar-refractivity contribution in [3.8, 4) is 5.75 Å². The molecule has 4 rings (SSSR count). The van der Waals surface area contributed by atoms with Crippen LogP contribution in [0.25, 0.3) is 11.2 Å². The molecule has 0 saturated carbocycles. The van der Waals surface area contributed by atoms with Crippen LogP contribution in [0.4, 0.5) is 11.8 Å². The average molecular weight is 544 g/mol. The van der Waals surface area contributed by atoms with Gasteiger partial charge < -0.3 is 24.8 Å². The summed E-state index contributed by atoms with van der Waals surface area (Å²) in [6.07, 6.45) is 6.35. The number of fused-ring (bicyclic) bond motifs is 1. The molecule has 0 radical (unpaired) electrons. The van der Waals surface area contributed by atoms with Crippen LogP contribution in [0.3, 0.4) is 0 Å². The first-order valence-electron chi connectivity index (χ1n) is 12.4. The molecule has 2 heterocycles. The van der Waals surface area contributed by atoms with E-state index < -0.39 is 25.8 Å². The predicted octanol–water partition coefficient (Wildman–Crippen LogP) is 3.98. The lowest BCUT2D eigenvalue weighted by Gasteiger charge is -2.35. The second-order valence-electron chi connectivity index (χ2n) is 9.73. The molecule has 38 heavy (non-hydrogen) atoms. The number of anilines is 2. The lowest BCUT2D eigenvalue weighted by molar-refractivity contribution is -0.141. The fraction of sp³-hybridized carbons (Fsp3) is 0.440. The molecule has 0 spiro atoms. The van der Waals surface area contributed by atoms with E-state index >= 15 is 0 Å². The number of rotatable bonds is 11. The Kier molecular flexibility index (Phi) is 8.05. The molecule has 0 saturated heterocycles. The van der Waals surface area contributed by atoms with Crippen LogP contribution in [0.5, 0.6) is 5.75 Å². The maximum Gasteiger partial charge on any atom is 0.462 e. The number of para-hydroxylation sites is 1. The molecule has 13 heteroatoms. The number of carboxylic acid groups (broad SMARTS) is 1. The lowest BCUT2D eigenvalue weighted by atomic mass is 10.1. The summed E-state index contributed by atoms with van der Waals surface area (Å²) >= 11 is 0. The minimum absolute atomic E-state index is 0.0688. The Morgan fingerprint density at radius 2 is 1.92 bits per heavy atom. The average Bonchev–Trinajstić information content (AvgIpc) is 3.49. The van der Waals surface area contributed by atoms with E-state index in [2.05, 4.69) is 15.0 Å². The van der Waals surface area contributed by atoms with E-state index in [9.17, 15) is 14.5 Å². The van der Waals surface area contributed by atoms with Gasteiger partial charge in [0.05, 0.1) is 19.0 Å². The van der Waals surface area contributed by atoms with Gasteiger partial charge in [-0.05, 0) is 39.3 Å². The van der Waals surface area contributed by atoms with Gasteiger partial charge in [-0.25, -0.2) is 9.55 Å². The van der Waals surface area contributed by atoms with Crippen molar-refractivity contribution < 1.29 is 23.5 Å². The normalized spacial score (nSPS) is 19.7. The second kappa shape index (κ2) is 11.1. The molecule has 1 aromatic carbocycles. The summed E-state index contributed by atoms with van der Waals surface area (Å²) in [6, 6.07) is 7.03. The van der Waals surface area contributed by atoms with Crippen molar-refractivity contribution >= 4 is 36.6 Å². The minimum atomic E-state index is -4.06. The molecule has 1 aliphatic rings. The number of nitrogen functional groups attached to an aromatic ring is 1. The van der Waals surface area contributed by atoms with Crippen molar-refractivity contribution in [3.05, 3.63) is 48.8 Å². The van der Waals surface area contributed by atoms with Crippen LogP contribution in [-0.4, -0.2) is 68.1 Å². The van der Waals surface area contributed by atoms with Crippen LogP contribution in [0.15, 0.2) is 48.8 Å². The van der Waals surface area contributed by atoms with Gasteiger partial charge in [0.1, 0.15) is 11.8 Å². The van der Waals surface area contributed by atoms with Crippen LogP contribution in [0.1, 0.15) is 33.2 Å². The van der Waals surface area contributed by atoms with Crippen LogP contribution >= 0.6 is 7.75 Å². The van der Waals surface area contributed by atoms with Gasteiger partial charge in [-0.15, -0.1) is 0 Å². The van der Waals surface area contributed by atoms with Crippen molar-refractivity contribution in [1.29, 1.82) is 0 Å². The number of hydrogen-bond acceptors (Lipinski definition) is 9. The van der Waals surface area contributed by atoms with Crippen LogP contribution in [0, 0.1) is 5.92 Å². The van der Waals surface area contributed by atoms with E-state index in [4.69, 9.17) is 14.8 Å². The maximum atomic E-state index is 14.2. The molecular formula is C25H34N7O5P. The van der Waals surface area contributed by atoms with Gasteiger partial charge in [0.2, 0.25) is 5.95 Å². The molecule has 0 amide bonds. The van der Waals surface area contributed by atoms with E-state index in [1.807, 2.05) is 41.8 Å². The van der Waals surface area contributed by atoms with Crippen molar-refractivity contribution in [1.82, 2.24) is 24.2 Å². The summed E-state index contributed by atoms with van der Waals surface area (Å²) in [7, 11) is -0.325. The Hall–Kier alpha value is -3.47. The number of nitrogens with two attached hydrogens (primary N) is 1. The molecule has 4 atom stereocenters. The van der Waals surface area contributed by atoms with E-state index in [1.165, 1.54) is 11.6 Å². The minimum Gasteiger partial charge on any atom is -0.480 e. The number of benzene rings is 1. The van der Waals surface area contributed by atoms with E-state index in [0.717, 1.165) is 0 Å². The molecule has 1 aliphatic carbocycles. The highest BCUT2D eigenvalue weighted by molar-refractivity contribution is 7.51. The van der Waals surface area contributed by atoms with E-state index in [0.29, 0.717) is 29.2 Å². The largest absolute Gasteiger partial charge is 0.480 e. The van der Waals surface area contributed by atoms with Gasteiger partial charge in [-0.3, -0.25) is 9.32 Å². The number of aliphatic carboxylic acids is 1. The summed E-state index contributed by atoms with van der Waals surface area (Å²) < 4.78 is 29.3. The molecule has 1 unspecified atom stereocenters. The monoisotopic (exact) mass is 543 g/mol. The molecule has 0 aliphatic heterocycles. The zero-order chi connectivity index (χ0) is 27.6. The summed E-state index contributed by atoms with van der Waals surface area (Å²) in [5.74, 6) is -0.103. The van der Waals surface area contributed by atoms with Crippen LogP contribution in [-0.2, 0) is 13.9 Å². The fourth-order valence-electron chi connectivity index (χ4n) is 4.56. The number of carboxylic acids is 1. The summed E-state index contributed by atoms with van der Waals surface area (Å²) in [4.78, 5) is 26.9. The Labute approximate surface area is 221 Å². The molecule has 3 aromatic rings. The Balaban J connectivity index is 1.55. The third kappa shape index (κ3) is 5.67. The molecule has 2 aromatic heterocycles. The third-order valence-electron chi connectivity index (χ3n) is 6.33. The highest BCUT2D eigenvalue weighted by atomic mass is 31.2. The standard InChI is InChI=1S/C25H34N7O5P/c1-16(2)32(17(3)24(33)34)38(35,37-20-9-7-6-8-10-20)36-14-18-11-12-19(13-18)31-15-27-21-22(30(4)5)28-25(26)29-23(21)31/h6-12,15-19H,13-14H2,1-5H3,(H,33,34)(H2,26,28,29)/t17?,18-,19+,38-/m1/s1. The van der Waals surface area contributed by atoms with Crippen molar-refractivity contribution in [2.75, 3.05) is 31.3 Å². The van der Waals surface area contributed by atoms with Crippen molar-refractivity contribution in [2.45, 2.75) is 45.3 Å². The first-order chi connectivity index (χ1) is 18.0. The highest BCUT2D eigenvalue weighted by Crippen LogP contribution is 2.55. The number of allylic oxidation sites excluding steroid dienone is 1. The van der Waals surface area contributed by atoms with Gasteiger partial charge >= 0.3 is 13.7 Å². The van der Waals surface area contributed by atoms with Crippen LogP contribution < -0.4 is 15.2 Å². The summed E-state index contributed by atoms with van der Waals surface area (Å²) in [5.41, 5.74) is 7.22. The van der Waals surface area contributed by atoms with Crippen molar-refractivity contribution in [3.63, 3.8) is 0 Å². The number of nitrogens with zero attached hydrogens (tertiary/aromatic N) is 6. The summed E-state index contributed by atoms with van der Waals surface area (Å²) in [6.45, 7) is 5.06. The van der Waals surface area contributed by atoms with Gasteiger partial charge in [0, 0.05) is 26.1 Å². The van der Waals surface area contributed by atoms with Gasteiger partial charge in [-0.2, -0.15) is 14.6 Å². The SMILES string of the molecule is CC(C)N(C(C)C(=O)O)[P@@](=O)(OC[C@@H]1C=C[C@H](n2cnc3c(N(C)C)nc(N)nc32)C1)Oc1ccccc1. The van der Waals surface area contributed by atoms with E-state index in [-0.39, 0.29) is 24.5 Å². The lowest BCUT2D eigenvalue weighted by Crippen LogP contribution is -2.42. The number of imidazole rings is 1. The first-order valence-corrected chi connectivity index (χ1v) is 13.9. The molecule has 12 nitrogen and oxygen atoms in total. The fourth-order valence-corrected chi connectivity index (χ4v) is 6.69. The maximum absolute atomic E-state index is 14.2. The zero-order valence-corrected chi connectivity index (χ0v) is 23.0. The number of aromatic nitrogens is 4. The smallest absolute Gasteiger partial charge is 0.462 e. The second-order valence-corrected chi connectivity index (χ2v) is 11.6. The highest BCUT2D eigenvalue weighted by Gasteiger charge is 2.44. The Morgan fingerprint density at radius 3 is 2.55 bits per heavy atom. The molecule has 3 N–H and O–H groups in total. The molecular weight excluding hydrogens is 509 g/mol. The molecule has 0 bridgehead atoms. The number of carbonyl (C=O) groups is 1. The quantitative estimate of drug-likeness (QED) is 0.267. The third-order valence-corrected chi connectivity index (χ3v) is 8.62. The van der Waals surface area contributed by atoms with Gasteiger partial charge in [0.25, 0.3) is 0 Å². The van der Waals surface area contributed by atoms with Crippen LogP contribution in [0.2, 0.25) is 0 Å². The zero-order valence-electron chi connectivity index (χ0n) is 22.1. The molecule has 204 valence electrons. The Morgan fingerprint density at radius 1 is 1.21 bits per heavy atom. The predicted molar refractivity (Wildman–Crippen MR) is 145 cm³/mol. The first kappa shape index (κ1) is 27.6. The number of hydrogen-bond donors (Lipinski definition) is 2. The summed E-state index contributed by atoms with van der Waals surface area (Å²) in [5, 5.41) is 9.69. The van der Waals surface area contributed by atoms with Gasteiger partial charge in [0.15, 0.2) is 17.0 Å². The van der Waals surface area contributed by atoms with Crippen molar-refractivity contribution in [2.24, 2.45) is 5.92 Å². The molecule has 0 fully saturated rings. The Bertz CT molecular complexity index is 1360. The van der Waals surface area contributed by atoms with Gasteiger partial charge in [-0.1, -0.05) is 30.4 Å². The van der Waals surface area contributed by atoms with E-state index in [1.54, 1.807) is 44.4 Å².